The molecule has 0 aliphatic carbocycles. The van der Waals surface area contributed by atoms with Gasteiger partial charge in [-0.3, -0.25) is 14.3 Å². The van der Waals surface area contributed by atoms with Crippen LogP contribution in [0.2, 0.25) is 5.02 Å². The van der Waals surface area contributed by atoms with Crippen LogP contribution in [0, 0.1) is 0 Å². The summed E-state index contributed by atoms with van der Waals surface area (Å²) >= 11 is 5.77. The first-order valence-electron chi connectivity index (χ1n) is 8.23. The van der Waals surface area contributed by atoms with Crippen molar-refractivity contribution in [2.24, 2.45) is 0 Å². The molecule has 0 saturated heterocycles. The number of hydrogen-bond donors (Lipinski definition) is 3. The molecule has 0 aromatic heterocycles. The first-order valence-corrected chi connectivity index (χ1v) is 10.3. The molecule has 0 bridgehead atoms. The van der Waals surface area contributed by atoms with E-state index in [1.54, 1.807) is 42.5 Å². The maximum atomic E-state index is 12.2. The van der Waals surface area contributed by atoms with Crippen LogP contribution in [0.3, 0.4) is 0 Å². The van der Waals surface area contributed by atoms with E-state index in [4.69, 9.17) is 11.6 Å². The first kappa shape index (κ1) is 20.7. The highest BCUT2D eigenvalue weighted by Gasteiger charge is 2.10. The minimum atomic E-state index is -3.41. The molecule has 9 heteroatoms. The van der Waals surface area contributed by atoms with Gasteiger partial charge in [0.05, 0.1) is 5.75 Å². The largest absolute Gasteiger partial charge is 0.350 e. The molecule has 2 rings (SSSR count). The SMILES string of the molecule is CCS(=O)(=O)Nc1cccc(C(=O)NCCNC(=O)c2ccc(Cl)cc2)c1. The van der Waals surface area contributed by atoms with Crippen LogP contribution in [0.25, 0.3) is 0 Å². The van der Waals surface area contributed by atoms with Gasteiger partial charge >= 0.3 is 0 Å². The third kappa shape index (κ3) is 6.58. The van der Waals surface area contributed by atoms with E-state index in [-0.39, 0.29) is 30.7 Å². The van der Waals surface area contributed by atoms with Crippen LogP contribution in [0.4, 0.5) is 5.69 Å². The summed E-state index contributed by atoms with van der Waals surface area (Å²) in [5.41, 5.74) is 1.11. The minimum absolute atomic E-state index is 0.0588. The van der Waals surface area contributed by atoms with Crippen LogP contribution in [0.5, 0.6) is 0 Å². The second-order valence-electron chi connectivity index (χ2n) is 5.60. The van der Waals surface area contributed by atoms with Crippen LogP contribution < -0.4 is 15.4 Å². The first-order chi connectivity index (χ1) is 12.8. The molecule has 2 aromatic carbocycles. The molecule has 7 nitrogen and oxygen atoms in total. The molecule has 27 heavy (non-hydrogen) atoms. The van der Waals surface area contributed by atoms with E-state index in [9.17, 15) is 18.0 Å². The fourth-order valence-electron chi connectivity index (χ4n) is 2.13. The molecule has 0 aliphatic heterocycles. The highest BCUT2D eigenvalue weighted by molar-refractivity contribution is 7.92. The van der Waals surface area contributed by atoms with E-state index in [1.165, 1.54) is 13.0 Å². The van der Waals surface area contributed by atoms with Gasteiger partial charge in [0.15, 0.2) is 0 Å². The smallest absolute Gasteiger partial charge is 0.251 e. The molecule has 0 spiro atoms. The number of amides is 2. The maximum Gasteiger partial charge on any atom is 0.251 e. The van der Waals surface area contributed by atoms with Gasteiger partial charge in [-0.15, -0.1) is 0 Å². The van der Waals surface area contributed by atoms with Crippen molar-refractivity contribution in [1.29, 1.82) is 0 Å². The Balaban J connectivity index is 1.83. The zero-order valence-corrected chi connectivity index (χ0v) is 16.2. The van der Waals surface area contributed by atoms with Crippen molar-refractivity contribution in [2.75, 3.05) is 23.6 Å². The monoisotopic (exact) mass is 409 g/mol. The van der Waals surface area contributed by atoms with Gasteiger partial charge in [0, 0.05) is 34.9 Å². The summed E-state index contributed by atoms with van der Waals surface area (Å²) in [5.74, 6) is -0.693. The number of rotatable bonds is 8. The second-order valence-corrected chi connectivity index (χ2v) is 8.05. The summed E-state index contributed by atoms with van der Waals surface area (Å²) in [6.45, 7) is 2.00. The summed E-state index contributed by atoms with van der Waals surface area (Å²) in [7, 11) is -3.41. The average molecular weight is 410 g/mol. The van der Waals surface area contributed by atoms with Gasteiger partial charge < -0.3 is 10.6 Å². The molecule has 0 atom stereocenters. The summed E-state index contributed by atoms with van der Waals surface area (Å²) in [6, 6.07) is 12.6. The maximum absolute atomic E-state index is 12.2. The predicted octanol–water partition coefficient (Wildman–Crippen LogP) is 2.26. The van der Waals surface area contributed by atoms with E-state index >= 15 is 0 Å². The number of sulfonamides is 1. The lowest BCUT2D eigenvalue weighted by atomic mass is 10.2. The van der Waals surface area contributed by atoms with E-state index in [2.05, 4.69) is 15.4 Å². The van der Waals surface area contributed by atoms with Crippen LogP contribution in [0.1, 0.15) is 27.6 Å². The average Bonchev–Trinajstić information content (AvgIpc) is 2.65. The number of nitrogens with one attached hydrogen (secondary N) is 3. The van der Waals surface area contributed by atoms with Crippen molar-refractivity contribution in [3.8, 4) is 0 Å². The number of benzene rings is 2. The molecular formula is C18H20ClN3O4S. The second kappa shape index (κ2) is 9.38. The van der Waals surface area contributed by atoms with E-state index in [1.807, 2.05) is 0 Å². The molecule has 2 aromatic rings. The highest BCUT2D eigenvalue weighted by atomic mass is 35.5. The Morgan fingerprint density at radius 2 is 1.52 bits per heavy atom. The Labute approximate surface area is 163 Å². The number of hydrogen-bond acceptors (Lipinski definition) is 4. The van der Waals surface area contributed by atoms with Gasteiger partial charge in [0.1, 0.15) is 0 Å². The molecule has 0 aliphatic rings. The van der Waals surface area contributed by atoms with E-state index in [0.29, 0.717) is 21.8 Å². The fraction of sp³-hybridized carbons (Fsp3) is 0.222. The van der Waals surface area contributed by atoms with Crippen molar-refractivity contribution < 1.29 is 18.0 Å². The van der Waals surface area contributed by atoms with Gasteiger partial charge in [-0.2, -0.15) is 0 Å². The molecule has 3 N–H and O–H groups in total. The Kier molecular flexibility index (Phi) is 7.20. The van der Waals surface area contributed by atoms with Crippen LogP contribution in [0.15, 0.2) is 48.5 Å². The van der Waals surface area contributed by atoms with Crippen molar-refractivity contribution in [1.82, 2.24) is 10.6 Å². The van der Waals surface area contributed by atoms with Crippen molar-refractivity contribution in [2.45, 2.75) is 6.92 Å². The quantitative estimate of drug-likeness (QED) is 0.581. The lowest BCUT2D eigenvalue weighted by Gasteiger charge is -2.09. The number of halogens is 1. The minimum Gasteiger partial charge on any atom is -0.350 e. The van der Waals surface area contributed by atoms with Crippen LogP contribution in [-0.2, 0) is 10.0 Å². The number of carbonyl (C=O) groups is 2. The summed E-state index contributed by atoms with van der Waals surface area (Å²) in [5, 5.41) is 5.90. The highest BCUT2D eigenvalue weighted by Crippen LogP contribution is 2.12. The van der Waals surface area contributed by atoms with Crippen molar-refractivity contribution in [3.05, 3.63) is 64.7 Å². The summed E-state index contributed by atoms with van der Waals surface area (Å²) in [4.78, 5) is 24.1. The normalized spacial score (nSPS) is 10.9. The van der Waals surface area contributed by atoms with Gasteiger partial charge in [0.2, 0.25) is 10.0 Å². The molecular weight excluding hydrogens is 390 g/mol. The molecule has 0 fully saturated rings. The molecule has 2 amide bonds. The summed E-state index contributed by atoms with van der Waals surface area (Å²) in [6.07, 6.45) is 0. The van der Waals surface area contributed by atoms with Gasteiger partial charge in [-0.05, 0) is 49.4 Å². The standard InChI is InChI=1S/C18H20ClN3O4S/c1-2-27(25,26)22-16-5-3-4-14(12-16)18(24)21-11-10-20-17(23)13-6-8-15(19)9-7-13/h3-9,12,22H,2,10-11H2,1H3,(H,20,23)(H,21,24). The molecule has 0 radical (unpaired) electrons. The van der Waals surface area contributed by atoms with E-state index in [0.717, 1.165) is 0 Å². The zero-order chi connectivity index (χ0) is 19.9. The molecule has 144 valence electrons. The topological polar surface area (TPSA) is 104 Å². The Bertz CT molecular complexity index is 914. The third-order valence-electron chi connectivity index (χ3n) is 3.58. The lowest BCUT2D eigenvalue weighted by Crippen LogP contribution is -2.34. The van der Waals surface area contributed by atoms with Crippen molar-refractivity contribution >= 4 is 39.1 Å². The number of carbonyl (C=O) groups excluding carboxylic acids is 2. The van der Waals surface area contributed by atoms with E-state index < -0.39 is 10.0 Å². The number of anilines is 1. The molecule has 0 saturated carbocycles. The Hall–Kier alpha value is -2.58. The fourth-order valence-corrected chi connectivity index (χ4v) is 2.89. The predicted molar refractivity (Wildman–Crippen MR) is 106 cm³/mol. The Morgan fingerprint density at radius 3 is 2.11 bits per heavy atom. The van der Waals surface area contributed by atoms with Crippen LogP contribution in [-0.4, -0.2) is 39.1 Å². The van der Waals surface area contributed by atoms with Gasteiger partial charge in [-0.1, -0.05) is 17.7 Å². The molecule has 0 unspecified atom stereocenters. The van der Waals surface area contributed by atoms with Crippen LogP contribution >= 0.6 is 11.6 Å². The van der Waals surface area contributed by atoms with Crippen molar-refractivity contribution in [3.63, 3.8) is 0 Å². The third-order valence-corrected chi connectivity index (χ3v) is 5.14. The Morgan fingerprint density at radius 1 is 0.926 bits per heavy atom. The molecule has 0 heterocycles. The zero-order valence-electron chi connectivity index (χ0n) is 14.7. The van der Waals surface area contributed by atoms with Gasteiger partial charge in [-0.25, -0.2) is 8.42 Å². The van der Waals surface area contributed by atoms with Gasteiger partial charge in [0.25, 0.3) is 11.8 Å². The summed E-state index contributed by atoms with van der Waals surface area (Å²) < 4.78 is 25.6. The lowest BCUT2D eigenvalue weighted by molar-refractivity contribution is 0.0927.